The molecule has 3 rings (SSSR count). The summed E-state index contributed by atoms with van der Waals surface area (Å²) < 4.78 is 1.37. The number of fused-ring (bicyclic) bond motifs is 1. The third kappa shape index (κ3) is 2.61. The van der Waals surface area contributed by atoms with Crippen molar-refractivity contribution in [3.63, 3.8) is 0 Å². The first-order valence-electron chi connectivity index (χ1n) is 7.36. The lowest BCUT2D eigenvalue weighted by Crippen LogP contribution is -2.35. The molecule has 0 bridgehead atoms. The zero-order valence-electron chi connectivity index (χ0n) is 11.6. The van der Waals surface area contributed by atoms with Gasteiger partial charge in [0, 0.05) is 21.9 Å². The second-order valence-corrected chi connectivity index (χ2v) is 7.49. The molecular formula is C17H20Cl2S. The van der Waals surface area contributed by atoms with Crippen LogP contribution in [0.5, 0.6) is 0 Å². The van der Waals surface area contributed by atoms with Crippen molar-refractivity contribution in [2.45, 2.75) is 32.1 Å². The minimum atomic E-state index is 0.0729. The molecule has 0 saturated heterocycles. The highest BCUT2D eigenvalue weighted by molar-refractivity contribution is 7.17. The Balaban J connectivity index is 1.93. The molecule has 3 heteroatoms. The van der Waals surface area contributed by atoms with E-state index in [-0.39, 0.29) is 5.41 Å². The van der Waals surface area contributed by atoms with Gasteiger partial charge in [-0.15, -0.1) is 34.5 Å². The van der Waals surface area contributed by atoms with Crippen LogP contribution in [0, 0.1) is 11.3 Å². The molecule has 0 atom stereocenters. The van der Waals surface area contributed by atoms with Gasteiger partial charge in [0.25, 0.3) is 0 Å². The fourth-order valence-corrected chi connectivity index (χ4v) is 5.45. The molecule has 1 aliphatic carbocycles. The quantitative estimate of drug-likeness (QED) is 0.582. The van der Waals surface area contributed by atoms with E-state index < -0.39 is 0 Å². The number of thiophene rings is 1. The van der Waals surface area contributed by atoms with Gasteiger partial charge in [-0.25, -0.2) is 0 Å². The molecule has 1 fully saturated rings. The van der Waals surface area contributed by atoms with E-state index in [9.17, 15) is 0 Å². The fraction of sp³-hybridized carbons (Fsp3) is 0.529. The van der Waals surface area contributed by atoms with Gasteiger partial charge in [-0.05, 0) is 47.6 Å². The van der Waals surface area contributed by atoms with Gasteiger partial charge in [0.2, 0.25) is 0 Å². The predicted molar refractivity (Wildman–Crippen MR) is 91.4 cm³/mol. The lowest BCUT2D eigenvalue weighted by atomic mass is 9.73. The summed E-state index contributed by atoms with van der Waals surface area (Å²) in [5.41, 5.74) is 1.50. The number of rotatable bonds is 5. The van der Waals surface area contributed by atoms with Crippen molar-refractivity contribution in [1.29, 1.82) is 0 Å². The molecule has 1 aromatic carbocycles. The molecule has 0 unspecified atom stereocenters. The molecule has 0 aliphatic heterocycles. The van der Waals surface area contributed by atoms with Gasteiger partial charge in [-0.2, -0.15) is 0 Å². The Morgan fingerprint density at radius 1 is 1.10 bits per heavy atom. The molecule has 0 nitrogen and oxygen atoms in total. The number of hydrogen-bond acceptors (Lipinski definition) is 1. The van der Waals surface area contributed by atoms with Gasteiger partial charge >= 0.3 is 0 Å². The third-order valence-corrected chi connectivity index (χ3v) is 6.93. The number of alkyl halides is 2. The molecular weight excluding hydrogens is 307 g/mol. The van der Waals surface area contributed by atoms with E-state index in [0.29, 0.717) is 17.7 Å². The van der Waals surface area contributed by atoms with Gasteiger partial charge in [0.15, 0.2) is 0 Å². The Morgan fingerprint density at radius 3 is 2.50 bits per heavy atom. The highest BCUT2D eigenvalue weighted by Crippen LogP contribution is 2.45. The summed E-state index contributed by atoms with van der Waals surface area (Å²) in [6, 6.07) is 8.65. The largest absolute Gasteiger partial charge is 0.144 e. The normalized spacial score (nSPS) is 17.1. The van der Waals surface area contributed by atoms with Gasteiger partial charge in [-0.1, -0.05) is 31.0 Å². The summed E-state index contributed by atoms with van der Waals surface area (Å²) in [5.74, 6) is 2.03. The molecule has 0 N–H and O–H groups in total. The van der Waals surface area contributed by atoms with Crippen LogP contribution >= 0.6 is 34.5 Å². The summed E-state index contributed by atoms with van der Waals surface area (Å²) in [6.07, 6.45) is 6.28. The second-order valence-electron chi connectivity index (χ2n) is 6.04. The Hall–Kier alpha value is -0.240. The average molecular weight is 327 g/mol. The molecule has 20 heavy (non-hydrogen) atoms. The predicted octanol–water partition coefficient (Wildman–Crippen LogP) is 6.10. The lowest BCUT2D eigenvalue weighted by Gasteiger charge is -2.36. The summed E-state index contributed by atoms with van der Waals surface area (Å²) in [4.78, 5) is 0. The maximum absolute atomic E-state index is 6.39. The summed E-state index contributed by atoms with van der Waals surface area (Å²) >= 11 is 14.6. The molecule has 0 amide bonds. The van der Waals surface area contributed by atoms with Gasteiger partial charge in [0.1, 0.15) is 0 Å². The van der Waals surface area contributed by atoms with Crippen molar-refractivity contribution in [2.75, 3.05) is 11.8 Å². The number of halogens is 2. The Kier molecular flexibility index (Phi) is 4.59. The van der Waals surface area contributed by atoms with Crippen LogP contribution in [-0.4, -0.2) is 11.8 Å². The van der Waals surface area contributed by atoms with Crippen molar-refractivity contribution in [2.24, 2.45) is 11.3 Å². The first-order chi connectivity index (χ1) is 9.79. The van der Waals surface area contributed by atoms with E-state index >= 15 is 0 Å². The Labute approximate surface area is 135 Å². The third-order valence-electron chi connectivity index (χ3n) is 4.86. The van der Waals surface area contributed by atoms with Crippen LogP contribution < -0.4 is 0 Å². The van der Waals surface area contributed by atoms with Crippen LogP contribution in [0.1, 0.15) is 31.2 Å². The molecule has 1 aromatic heterocycles. The van der Waals surface area contributed by atoms with Gasteiger partial charge < -0.3 is 0 Å². The maximum Gasteiger partial charge on any atom is 0.0345 e. The van der Waals surface area contributed by atoms with Crippen LogP contribution in [0.3, 0.4) is 0 Å². The van der Waals surface area contributed by atoms with Crippen LogP contribution in [0.25, 0.3) is 10.1 Å². The van der Waals surface area contributed by atoms with Gasteiger partial charge in [0.05, 0.1) is 0 Å². The summed E-state index contributed by atoms with van der Waals surface area (Å²) in [5, 5.41) is 3.68. The fourth-order valence-electron chi connectivity index (χ4n) is 3.58. The zero-order chi connectivity index (χ0) is 14.0. The van der Waals surface area contributed by atoms with E-state index in [1.165, 1.54) is 41.3 Å². The van der Waals surface area contributed by atoms with Crippen molar-refractivity contribution in [3.05, 3.63) is 35.2 Å². The minimum Gasteiger partial charge on any atom is -0.144 e. The SMILES string of the molecule is ClCC(CCl)(Cc1csc2ccccc12)C1CCCC1. The number of benzene rings is 1. The van der Waals surface area contributed by atoms with Crippen LogP contribution in [0.15, 0.2) is 29.6 Å². The topological polar surface area (TPSA) is 0 Å². The van der Waals surface area contributed by atoms with Crippen molar-refractivity contribution in [1.82, 2.24) is 0 Å². The summed E-state index contributed by atoms with van der Waals surface area (Å²) in [7, 11) is 0. The van der Waals surface area contributed by atoms with E-state index in [1.54, 1.807) is 0 Å². The van der Waals surface area contributed by atoms with Crippen molar-refractivity contribution in [3.8, 4) is 0 Å². The minimum absolute atomic E-state index is 0.0729. The molecule has 1 aliphatic rings. The molecule has 1 heterocycles. The van der Waals surface area contributed by atoms with Crippen molar-refractivity contribution < 1.29 is 0 Å². The lowest BCUT2D eigenvalue weighted by molar-refractivity contribution is 0.226. The smallest absolute Gasteiger partial charge is 0.0345 e. The Morgan fingerprint density at radius 2 is 1.80 bits per heavy atom. The highest BCUT2D eigenvalue weighted by atomic mass is 35.5. The van der Waals surface area contributed by atoms with E-state index in [2.05, 4.69) is 29.6 Å². The van der Waals surface area contributed by atoms with Crippen LogP contribution in [0.4, 0.5) is 0 Å². The van der Waals surface area contributed by atoms with Crippen LogP contribution in [-0.2, 0) is 6.42 Å². The van der Waals surface area contributed by atoms with E-state index in [4.69, 9.17) is 23.2 Å². The number of hydrogen-bond donors (Lipinski definition) is 0. The first-order valence-corrected chi connectivity index (χ1v) is 9.31. The molecule has 2 aromatic rings. The van der Waals surface area contributed by atoms with Gasteiger partial charge in [-0.3, -0.25) is 0 Å². The monoisotopic (exact) mass is 326 g/mol. The highest BCUT2D eigenvalue weighted by Gasteiger charge is 2.39. The van der Waals surface area contributed by atoms with E-state index in [0.717, 1.165) is 6.42 Å². The summed E-state index contributed by atoms with van der Waals surface area (Å²) in [6.45, 7) is 0. The second kappa shape index (κ2) is 6.25. The molecule has 0 radical (unpaired) electrons. The molecule has 0 spiro atoms. The van der Waals surface area contributed by atoms with Crippen LogP contribution in [0.2, 0.25) is 0 Å². The first kappa shape index (κ1) is 14.7. The maximum atomic E-state index is 6.39. The van der Waals surface area contributed by atoms with Crippen molar-refractivity contribution >= 4 is 44.6 Å². The molecule has 1 saturated carbocycles. The standard InChI is InChI=1S/C17H20Cl2S/c18-11-17(12-19,14-5-1-2-6-14)9-13-10-20-16-8-4-3-7-15(13)16/h3-4,7-8,10,14H,1-2,5-6,9,11-12H2. The van der Waals surface area contributed by atoms with E-state index in [1.807, 2.05) is 11.3 Å². The Bertz CT molecular complexity index is 565. The molecule has 108 valence electrons. The zero-order valence-corrected chi connectivity index (χ0v) is 13.9. The average Bonchev–Trinajstić information content (AvgIpc) is 3.15.